The van der Waals surface area contributed by atoms with Crippen LogP contribution in [-0.2, 0) is 16.3 Å². The van der Waals surface area contributed by atoms with Crippen molar-refractivity contribution in [1.82, 2.24) is 0 Å². The van der Waals surface area contributed by atoms with Crippen LogP contribution < -0.4 is 0 Å². The molecule has 1 aliphatic rings. The molecule has 1 aliphatic carbocycles. The molecule has 0 saturated carbocycles. The molecular formula is C9H17Cl3V. The van der Waals surface area contributed by atoms with Gasteiger partial charge in [0.15, 0.2) is 0 Å². The van der Waals surface area contributed by atoms with E-state index in [1.54, 1.807) is 9.86 Å². The number of rotatable bonds is 3. The quantitative estimate of drug-likeness (QED) is 0.720. The summed E-state index contributed by atoms with van der Waals surface area (Å²) in [6.45, 7) is 2.24. The Hall–Kier alpha value is 0.934. The van der Waals surface area contributed by atoms with Gasteiger partial charge in [0.1, 0.15) is 0 Å². The van der Waals surface area contributed by atoms with Crippen LogP contribution in [0.5, 0.6) is 0 Å². The van der Waals surface area contributed by atoms with Gasteiger partial charge in [-0.25, -0.2) is 0 Å². The first-order chi connectivity index (χ1) is 4.86. The van der Waals surface area contributed by atoms with Crippen LogP contribution in [0.3, 0.4) is 0 Å². The molecule has 0 heterocycles. The Morgan fingerprint density at radius 3 is 2.31 bits per heavy atom. The third-order valence-electron chi connectivity index (χ3n) is 1.75. The van der Waals surface area contributed by atoms with E-state index in [1.165, 1.54) is 19.3 Å². The van der Waals surface area contributed by atoms with Gasteiger partial charge in [-0.05, 0) is 0 Å². The Labute approximate surface area is 107 Å². The second-order valence-corrected chi connectivity index (χ2v) is 4.19. The maximum Gasteiger partial charge on any atom is -0.147 e. The molecule has 0 aliphatic heterocycles. The molecule has 4 heteroatoms. The molecule has 0 aromatic carbocycles. The minimum Gasteiger partial charge on any atom is -0.147 e. The van der Waals surface area contributed by atoms with Crippen LogP contribution in [0.15, 0.2) is 22.0 Å². The second-order valence-electron chi connectivity index (χ2n) is 2.59. The van der Waals surface area contributed by atoms with Crippen molar-refractivity contribution in [1.29, 1.82) is 0 Å². The monoisotopic (exact) mass is 281 g/mol. The van der Waals surface area contributed by atoms with Gasteiger partial charge in [0.05, 0.1) is 0 Å². The van der Waals surface area contributed by atoms with Crippen molar-refractivity contribution in [2.45, 2.75) is 31.8 Å². The van der Waals surface area contributed by atoms with Crippen LogP contribution in [0.4, 0.5) is 0 Å². The molecule has 1 rings (SSSR count). The van der Waals surface area contributed by atoms with Crippen molar-refractivity contribution in [2.75, 3.05) is 0 Å². The van der Waals surface area contributed by atoms with E-state index in [0.29, 0.717) is 16.3 Å². The average molecular weight is 283 g/mol. The largest absolute Gasteiger partial charge is 0.147 e. The summed E-state index contributed by atoms with van der Waals surface area (Å²) in [5, 5.41) is 0. The summed E-state index contributed by atoms with van der Waals surface area (Å²) in [6, 6.07) is 0. The standard InChI is InChI=1S/C8H11.CH3.3ClH.V/c1-2-5-8-6-3-4-7-8;;;;;/h6-7H,2-3,5H2,1H3;1H3;3*1H;. The van der Waals surface area contributed by atoms with Crippen LogP contribution in [-0.4, -0.2) is 0 Å². The van der Waals surface area contributed by atoms with Gasteiger partial charge >= 0.3 is 70.1 Å². The van der Waals surface area contributed by atoms with E-state index in [0.717, 1.165) is 0 Å². The molecule has 0 fully saturated rings. The molecule has 79 valence electrons. The Balaban J connectivity index is -0.000000333. The average Bonchev–Trinajstić information content (AvgIpc) is 2.37. The zero-order chi connectivity index (χ0) is 7.40. The van der Waals surface area contributed by atoms with Crippen LogP contribution >= 0.6 is 37.2 Å². The van der Waals surface area contributed by atoms with Crippen LogP contribution in [0, 0.1) is 0 Å². The fourth-order valence-electron chi connectivity index (χ4n) is 1.19. The van der Waals surface area contributed by atoms with E-state index in [9.17, 15) is 0 Å². The first kappa shape index (κ1) is 19.5. The Morgan fingerprint density at radius 1 is 1.31 bits per heavy atom. The minimum absolute atomic E-state index is 0. The summed E-state index contributed by atoms with van der Waals surface area (Å²) < 4.78 is 1.69. The molecule has 0 bridgehead atoms. The minimum atomic E-state index is 0. The van der Waals surface area contributed by atoms with Crippen molar-refractivity contribution in [3.05, 3.63) is 22.0 Å². The molecule has 0 atom stereocenters. The summed E-state index contributed by atoms with van der Waals surface area (Å²) in [6.07, 6.45) is 8.62. The molecule has 0 N–H and O–H groups in total. The summed E-state index contributed by atoms with van der Waals surface area (Å²) >= 11 is 0.500. The normalized spacial score (nSPS) is 12.8. The zero-order valence-electron chi connectivity index (χ0n) is 7.95. The van der Waals surface area contributed by atoms with E-state index in [-0.39, 0.29) is 37.2 Å². The Kier molecular flexibility index (Phi) is 16.5. The SMILES string of the molecule is CCCC1=CC[C]([V][CH3])=C1.Cl.Cl.Cl. The fourth-order valence-corrected chi connectivity index (χ4v) is 2.07. The van der Waals surface area contributed by atoms with E-state index in [1.807, 2.05) is 0 Å². The first-order valence-electron chi connectivity index (χ1n) is 3.86. The predicted octanol–water partition coefficient (Wildman–Crippen LogP) is 4.40. The van der Waals surface area contributed by atoms with Crippen molar-refractivity contribution in [2.24, 2.45) is 0 Å². The smallest absolute Gasteiger partial charge is 0.147 e. The Morgan fingerprint density at radius 2 is 1.92 bits per heavy atom. The van der Waals surface area contributed by atoms with Gasteiger partial charge < -0.3 is 0 Å². The van der Waals surface area contributed by atoms with Gasteiger partial charge in [-0.1, -0.05) is 0 Å². The topological polar surface area (TPSA) is 0 Å². The maximum absolute atomic E-state index is 2.41. The molecule has 0 aromatic heterocycles. The van der Waals surface area contributed by atoms with Crippen molar-refractivity contribution >= 4 is 37.2 Å². The van der Waals surface area contributed by atoms with Gasteiger partial charge in [0.2, 0.25) is 0 Å². The molecule has 0 unspecified atom stereocenters. The van der Waals surface area contributed by atoms with Gasteiger partial charge in [-0.15, -0.1) is 37.2 Å². The van der Waals surface area contributed by atoms with Crippen molar-refractivity contribution < 1.29 is 16.3 Å². The van der Waals surface area contributed by atoms with E-state index in [2.05, 4.69) is 24.7 Å². The number of allylic oxidation sites excluding steroid dienone is 4. The molecule has 0 nitrogen and oxygen atoms in total. The van der Waals surface area contributed by atoms with Crippen molar-refractivity contribution in [3.8, 4) is 0 Å². The van der Waals surface area contributed by atoms with E-state index >= 15 is 0 Å². The number of hydrogen-bond donors (Lipinski definition) is 0. The predicted molar refractivity (Wildman–Crippen MR) is 63.3 cm³/mol. The number of halogens is 3. The van der Waals surface area contributed by atoms with E-state index < -0.39 is 0 Å². The molecule has 0 saturated heterocycles. The summed E-state index contributed by atoms with van der Waals surface area (Å²) in [5.74, 6) is 0. The summed E-state index contributed by atoms with van der Waals surface area (Å²) in [7, 11) is 0. The van der Waals surface area contributed by atoms with Crippen LogP contribution in [0.2, 0.25) is 5.64 Å². The van der Waals surface area contributed by atoms with Gasteiger partial charge in [-0.3, -0.25) is 0 Å². The zero-order valence-corrected chi connectivity index (χ0v) is 11.8. The van der Waals surface area contributed by atoms with Crippen LogP contribution in [0.1, 0.15) is 26.2 Å². The second kappa shape index (κ2) is 11.0. The molecule has 13 heavy (non-hydrogen) atoms. The molecule has 0 spiro atoms. The molecule has 0 amide bonds. The van der Waals surface area contributed by atoms with Crippen LogP contribution in [0.25, 0.3) is 0 Å². The van der Waals surface area contributed by atoms with Gasteiger partial charge in [0, 0.05) is 0 Å². The Bertz CT molecular complexity index is 176. The number of hydrogen-bond acceptors (Lipinski definition) is 0. The van der Waals surface area contributed by atoms with E-state index in [4.69, 9.17) is 0 Å². The molecule has 0 aromatic rings. The molecule has 0 radical (unpaired) electrons. The van der Waals surface area contributed by atoms with Crippen molar-refractivity contribution in [3.63, 3.8) is 0 Å². The first-order valence-corrected chi connectivity index (χ1v) is 5.95. The fraction of sp³-hybridized carbons (Fsp3) is 0.556. The molecular weight excluding hydrogens is 265 g/mol. The van der Waals surface area contributed by atoms with Gasteiger partial charge in [0.25, 0.3) is 0 Å². The summed E-state index contributed by atoms with van der Waals surface area (Å²) in [4.78, 5) is 0. The van der Waals surface area contributed by atoms with Gasteiger partial charge in [-0.2, -0.15) is 0 Å². The maximum atomic E-state index is 2.41. The third-order valence-corrected chi connectivity index (χ3v) is 3.13. The summed E-state index contributed by atoms with van der Waals surface area (Å²) in [5.41, 5.74) is 3.90. The third kappa shape index (κ3) is 6.93.